The molecule has 0 aromatic heterocycles. The highest BCUT2D eigenvalue weighted by Crippen LogP contribution is 2.19. The average molecular weight is 311 g/mol. The zero-order valence-electron chi connectivity index (χ0n) is 13.6. The molecule has 0 heterocycles. The molecule has 0 spiro atoms. The summed E-state index contributed by atoms with van der Waals surface area (Å²) in [5, 5.41) is 0. The van der Waals surface area contributed by atoms with E-state index < -0.39 is 5.91 Å². The molecule has 0 radical (unpaired) electrons. The second kappa shape index (κ2) is 6.96. The van der Waals surface area contributed by atoms with Gasteiger partial charge in [0.1, 0.15) is 0 Å². The summed E-state index contributed by atoms with van der Waals surface area (Å²) in [6.45, 7) is 2.97. The van der Waals surface area contributed by atoms with Crippen molar-refractivity contribution in [1.29, 1.82) is 0 Å². The molecule has 5 heteroatoms. The average Bonchev–Trinajstić information content (AvgIpc) is 2.60. The molecule has 0 saturated heterocycles. The second-order valence-electron chi connectivity index (χ2n) is 5.34. The monoisotopic (exact) mass is 311 g/mol. The fraction of sp³-hybridized carbons (Fsp3) is 0.222. The van der Waals surface area contributed by atoms with E-state index in [2.05, 4.69) is 11.8 Å². The maximum atomic E-state index is 12.5. The van der Waals surface area contributed by atoms with Gasteiger partial charge in [0.15, 0.2) is 0 Å². The number of anilines is 2. The molecule has 0 aliphatic rings. The molecule has 0 saturated carbocycles. The number of amides is 2. The van der Waals surface area contributed by atoms with Gasteiger partial charge in [-0.3, -0.25) is 9.59 Å². The van der Waals surface area contributed by atoms with Gasteiger partial charge < -0.3 is 15.5 Å². The number of benzene rings is 2. The third-order valence-electron chi connectivity index (χ3n) is 3.87. The molecule has 0 fully saturated rings. The predicted octanol–water partition coefficient (Wildman–Crippen LogP) is 2.52. The molecular weight excluding hydrogens is 290 g/mol. The number of nitrogens with zero attached hydrogens (tertiary/aromatic N) is 2. The van der Waals surface area contributed by atoms with Gasteiger partial charge in [0.25, 0.3) is 5.91 Å². The van der Waals surface area contributed by atoms with Gasteiger partial charge in [-0.05, 0) is 55.5 Å². The number of hydrogen-bond acceptors (Lipinski definition) is 3. The van der Waals surface area contributed by atoms with Gasteiger partial charge in [-0.1, -0.05) is 0 Å². The van der Waals surface area contributed by atoms with Gasteiger partial charge >= 0.3 is 0 Å². The van der Waals surface area contributed by atoms with Crippen molar-refractivity contribution in [2.24, 2.45) is 5.73 Å². The van der Waals surface area contributed by atoms with Crippen LogP contribution in [0.3, 0.4) is 0 Å². The molecule has 2 aromatic rings. The largest absolute Gasteiger partial charge is 0.375 e. The van der Waals surface area contributed by atoms with E-state index in [0.29, 0.717) is 16.8 Å². The van der Waals surface area contributed by atoms with E-state index in [-0.39, 0.29) is 5.91 Å². The molecule has 2 aromatic carbocycles. The fourth-order valence-corrected chi connectivity index (χ4v) is 2.20. The summed E-state index contributed by atoms with van der Waals surface area (Å²) < 4.78 is 0. The standard InChI is InChI=1S/C18H21N3O2/c1-4-20(2)15-9-7-14(8-10-15)18(23)21(3)16-11-5-13(6-12-16)17(19)22/h5-12H,4H2,1-3H3,(H2,19,22). The molecule has 0 bridgehead atoms. The third kappa shape index (κ3) is 3.69. The van der Waals surface area contributed by atoms with Crippen LogP contribution < -0.4 is 15.5 Å². The lowest BCUT2D eigenvalue weighted by molar-refractivity contribution is 0.0989. The van der Waals surface area contributed by atoms with Crippen LogP contribution in [0.15, 0.2) is 48.5 Å². The SMILES string of the molecule is CCN(C)c1ccc(C(=O)N(C)c2ccc(C(N)=O)cc2)cc1. The summed E-state index contributed by atoms with van der Waals surface area (Å²) in [5.74, 6) is -0.594. The maximum absolute atomic E-state index is 12.5. The summed E-state index contributed by atoms with van der Waals surface area (Å²) in [6, 6.07) is 14.1. The van der Waals surface area contributed by atoms with Gasteiger partial charge in [-0.25, -0.2) is 0 Å². The molecule has 2 rings (SSSR count). The third-order valence-corrected chi connectivity index (χ3v) is 3.87. The quantitative estimate of drug-likeness (QED) is 0.922. The Morgan fingerprint density at radius 3 is 1.83 bits per heavy atom. The van der Waals surface area contributed by atoms with Gasteiger partial charge in [-0.15, -0.1) is 0 Å². The van der Waals surface area contributed by atoms with Crippen molar-refractivity contribution in [3.8, 4) is 0 Å². The summed E-state index contributed by atoms with van der Waals surface area (Å²) in [6.07, 6.45) is 0. The lowest BCUT2D eigenvalue weighted by Crippen LogP contribution is -2.26. The van der Waals surface area contributed by atoms with E-state index in [9.17, 15) is 9.59 Å². The Labute approximate surface area is 136 Å². The normalized spacial score (nSPS) is 10.2. The second-order valence-corrected chi connectivity index (χ2v) is 5.34. The van der Waals surface area contributed by atoms with Gasteiger partial charge in [0.2, 0.25) is 5.91 Å². The van der Waals surface area contributed by atoms with E-state index in [0.717, 1.165) is 12.2 Å². The van der Waals surface area contributed by atoms with E-state index in [1.54, 1.807) is 36.2 Å². The topological polar surface area (TPSA) is 66.6 Å². The number of carbonyl (C=O) groups excluding carboxylic acids is 2. The van der Waals surface area contributed by atoms with E-state index in [1.165, 1.54) is 0 Å². The highest BCUT2D eigenvalue weighted by Gasteiger charge is 2.14. The Hall–Kier alpha value is -2.82. The molecular formula is C18H21N3O2. The highest BCUT2D eigenvalue weighted by atomic mass is 16.2. The van der Waals surface area contributed by atoms with E-state index in [1.807, 2.05) is 31.3 Å². The van der Waals surface area contributed by atoms with Gasteiger partial charge in [0, 0.05) is 43.1 Å². The number of primary amides is 1. The Kier molecular flexibility index (Phi) is 5.01. The van der Waals surface area contributed by atoms with Crippen molar-refractivity contribution in [2.75, 3.05) is 30.4 Å². The minimum atomic E-state index is -0.485. The first-order chi connectivity index (χ1) is 10.9. The molecule has 5 nitrogen and oxygen atoms in total. The maximum Gasteiger partial charge on any atom is 0.258 e. The van der Waals surface area contributed by atoms with Crippen LogP contribution >= 0.6 is 0 Å². The summed E-state index contributed by atoms with van der Waals surface area (Å²) in [7, 11) is 3.71. The first-order valence-electron chi connectivity index (χ1n) is 7.43. The van der Waals surface area contributed by atoms with Crippen LogP contribution in [-0.4, -0.2) is 32.5 Å². The van der Waals surface area contributed by atoms with Crippen LogP contribution in [0.25, 0.3) is 0 Å². The molecule has 23 heavy (non-hydrogen) atoms. The summed E-state index contributed by atoms with van der Waals surface area (Å²) in [5.41, 5.74) is 8.02. The first kappa shape index (κ1) is 16.5. The van der Waals surface area contributed by atoms with Crippen LogP contribution in [0, 0.1) is 0 Å². The lowest BCUT2D eigenvalue weighted by atomic mass is 10.1. The number of carbonyl (C=O) groups is 2. The molecule has 0 atom stereocenters. The first-order valence-corrected chi connectivity index (χ1v) is 7.43. The predicted molar refractivity (Wildman–Crippen MR) is 93.1 cm³/mol. The molecule has 0 unspecified atom stereocenters. The number of rotatable bonds is 5. The van der Waals surface area contributed by atoms with Crippen molar-refractivity contribution >= 4 is 23.2 Å². The number of hydrogen-bond donors (Lipinski definition) is 1. The van der Waals surface area contributed by atoms with Crippen molar-refractivity contribution in [2.45, 2.75) is 6.92 Å². The van der Waals surface area contributed by atoms with Crippen LogP contribution in [0.5, 0.6) is 0 Å². The zero-order valence-corrected chi connectivity index (χ0v) is 13.6. The van der Waals surface area contributed by atoms with Crippen molar-refractivity contribution in [3.05, 3.63) is 59.7 Å². The summed E-state index contributed by atoms with van der Waals surface area (Å²) in [4.78, 5) is 27.3. The van der Waals surface area contributed by atoms with Crippen molar-refractivity contribution in [1.82, 2.24) is 0 Å². The van der Waals surface area contributed by atoms with Gasteiger partial charge in [0.05, 0.1) is 0 Å². The molecule has 0 aliphatic heterocycles. The Morgan fingerprint density at radius 2 is 1.35 bits per heavy atom. The zero-order chi connectivity index (χ0) is 17.0. The summed E-state index contributed by atoms with van der Waals surface area (Å²) >= 11 is 0. The fourth-order valence-electron chi connectivity index (χ4n) is 2.20. The van der Waals surface area contributed by atoms with Crippen LogP contribution in [0.4, 0.5) is 11.4 Å². The van der Waals surface area contributed by atoms with Crippen LogP contribution in [-0.2, 0) is 0 Å². The van der Waals surface area contributed by atoms with Crippen LogP contribution in [0.1, 0.15) is 27.6 Å². The molecule has 0 aliphatic carbocycles. The van der Waals surface area contributed by atoms with Gasteiger partial charge in [-0.2, -0.15) is 0 Å². The highest BCUT2D eigenvalue weighted by molar-refractivity contribution is 6.06. The molecule has 2 N–H and O–H groups in total. The number of nitrogens with two attached hydrogens (primary N) is 1. The Balaban J connectivity index is 2.17. The minimum absolute atomic E-state index is 0.109. The Morgan fingerprint density at radius 1 is 0.870 bits per heavy atom. The minimum Gasteiger partial charge on any atom is -0.375 e. The van der Waals surface area contributed by atoms with Crippen molar-refractivity contribution in [3.63, 3.8) is 0 Å². The smallest absolute Gasteiger partial charge is 0.258 e. The van der Waals surface area contributed by atoms with E-state index >= 15 is 0 Å². The van der Waals surface area contributed by atoms with Crippen molar-refractivity contribution < 1.29 is 9.59 Å². The Bertz CT molecular complexity index is 693. The molecule has 120 valence electrons. The van der Waals surface area contributed by atoms with E-state index in [4.69, 9.17) is 5.73 Å². The lowest BCUT2D eigenvalue weighted by Gasteiger charge is -2.19. The molecule has 2 amide bonds. The van der Waals surface area contributed by atoms with Crippen LogP contribution in [0.2, 0.25) is 0 Å².